The van der Waals surface area contributed by atoms with Crippen LogP contribution >= 0.6 is 0 Å². The van der Waals surface area contributed by atoms with Crippen LogP contribution in [0.15, 0.2) is 0 Å². The molecule has 6 nitrogen and oxygen atoms in total. The Balaban J connectivity index is 3.25. The first-order chi connectivity index (χ1) is 7.22. The number of likely N-dealkylation sites (N-methyl/N-ethyl adjacent to an activating group) is 1. The van der Waals surface area contributed by atoms with Crippen LogP contribution in [0.1, 0.15) is 6.92 Å². The van der Waals surface area contributed by atoms with Gasteiger partial charge in [0.05, 0.1) is 33.0 Å². The maximum absolute atomic E-state index is 10.8. The van der Waals surface area contributed by atoms with Gasteiger partial charge in [-0.2, -0.15) is 0 Å². The number of aliphatic hydroxyl groups excluding tert-OH is 1. The van der Waals surface area contributed by atoms with Gasteiger partial charge in [-0.15, -0.1) is 0 Å². The van der Waals surface area contributed by atoms with Gasteiger partial charge in [-0.25, -0.2) is 4.79 Å². The van der Waals surface area contributed by atoms with Crippen molar-refractivity contribution < 1.29 is 19.4 Å². The number of carbonyl (C=O) groups excluding carboxylic acids is 1. The van der Waals surface area contributed by atoms with Crippen LogP contribution in [0.4, 0.5) is 4.79 Å². The monoisotopic (exact) mass is 220 g/mol. The summed E-state index contributed by atoms with van der Waals surface area (Å²) in [5, 5.41) is 8.41. The Labute approximate surface area is 89.9 Å². The summed E-state index contributed by atoms with van der Waals surface area (Å²) >= 11 is 0. The third kappa shape index (κ3) is 8.17. The molecule has 0 unspecified atom stereocenters. The largest absolute Gasteiger partial charge is 0.394 e. The van der Waals surface area contributed by atoms with E-state index in [-0.39, 0.29) is 6.61 Å². The minimum absolute atomic E-state index is 0.0191. The molecule has 0 rings (SSSR count). The predicted octanol–water partition coefficient (Wildman–Crippen LogP) is -0.587. The number of amides is 2. The quantitative estimate of drug-likeness (QED) is 0.509. The van der Waals surface area contributed by atoms with E-state index < -0.39 is 6.03 Å². The van der Waals surface area contributed by atoms with E-state index in [1.54, 1.807) is 0 Å². The van der Waals surface area contributed by atoms with E-state index in [1.165, 1.54) is 4.90 Å². The summed E-state index contributed by atoms with van der Waals surface area (Å²) < 4.78 is 10.2. The molecule has 0 aliphatic heterocycles. The van der Waals surface area contributed by atoms with E-state index >= 15 is 0 Å². The Morgan fingerprint density at radius 2 is 1.87 bits per heavy atom. The van der Waals surface area contributed by atoms with Gasteiger partial charge in [-0.05, 0) is 6.92 Å². The van der Waals surface area contributed by atoms with Gasteiger partial charge < -0.3 is 25.2 Å². The number of nitrogens with zero attached hydrogens (tertiary/aromatic N) is 1. The molecule has 0 saturated carbocycles. The highest BCUT2D eigenvalue weighted by Crippen LogP contribution is 1.87. The number of ether oxygens (including phenoxy) is 2. The number of nitrogens with two attached hydrogens (primary N) is 1. The molecule has 90 valence electrons. The molecule has 0 aromatic heterocycles. The van der Waals surface area contributed by atoms with Crippen LogP contribution in [0, 0.1) is 0 Å². The average molecular weight is 220 g/mol. The van der Waals surface area contributed by atoms with Crippen LogP contribution in [0.3, 0.4) is 0 Å². The van der Waals surface area contributed by atoms with Crippen LogP contribution in [0.25, 0.3) is 0 Å². The Morgan fingerprint density at radius 1 is 1.27 bits per heavy atom. The van der Waals surface area contributed by atoms with Crippen LogP contribution in [-0.4, -0.2) is 62.2 Å². The number of hydrogen-bond acceptors (Lipinski definition) is 4. The Hall–Kier alpha value is -0.850. The van der Waals surface area contributed by atoms with Crippen LogP contribution < -0.4 is 5.73 Å². The topological polar surface area (TPSA) is 85.0 Å². The van der Waals surface area contributed by atoms with Crippen molar-refractivity contribution in [3.8, 4) is 0 Å². The molecule has 3 N–H and O–H groups in total. The molecule has 0 radical (unpaired) electrons. The third-order valence-corrected chi connectivity index (χ3v) is 1.81. The molecule has 6 heteroatoms. The normalized spacial score (nSPS) is 10.3. The standard InChI is InChI=1S/C9H20N2O4/c1-2-11(9(10)13)3-5-14-7-8-15-6-4-12/h12H,2-8H2,1H3,(H2,10,13). The molecule has 0 spiro atoms. The fourth-order valence-electron chi connectivity index (χ4n) is 0.985. The minimum atomic E-state index is -0.433. The number of aliphatic hydroxyl groups is 1. The zero-order valence-electron chi connectivity index (χ0n) is 9.15. The van der Waals surface area contributed by atoms with Crippen LogP contribution in [0.2, 0.25) is 0 Å². The molecule has 2 amide bonds. The molecule has 0 aliphatic carbocycles. The summed E-state index contributed by atoms with van der Waals surface area (Å²) in [6.45, 7) is 4.62. The molecular formula is C9H20N2O4. The summed E-state index contributed by atoms with van der Waals surface area (Å²) in [6.07, 6.45) is 0. The second-order valence-corrected chi connectivity index (χ2v) is 2.87. The average Bonchev–Trinajstić information content (AvgIpc) is 2.21. The smallest absolute Gasteiger partial charge is 0.314 e. The molecule has 0 saturated heterocycles. The van der Waals surface area contributed by atoms with Gasteiger partial charge in [0.2, 0.25) is 0 Å². The van der Waals surface area contributed by atoms with Gasteiger partial charge in [0.25, 0.3) is 0 Å². The van der Waals surface area contributed by atoms with Gasteiger partial charge in [0.1, 0.15) is 0 Å². The maximum atomic E-state index is 10.8. The van der Waals surface area contributed by atoms with E-state index in [1.807, 2.05) is 6.92 Å². The van der Waals surface area contributed by atoms with E-state index in [4.69, 9.17) is 20.3 Å². The fourth-order valence-corrected chi connectivity index (χ4v) is 0.985. The van der Waals surface area contributed by atoms with Crippen LogP contribution in [-0.2, 0) is 9.47 Å². The van der Waals surface area contributed by atoms with Crippen LogP contribution in [0.5, 0.6) is 0 Å². The first kappa shape index (κ1) is 14.2. The third-order valence-electron chi connectivity index (χ3n) is 1.81. The van der Waals surface area contributed by atoms with Crippen molar-refractivity contribution in [2.45, 2.75) is 6.92 Å². The highest BCUT2D eigenvalue weighted by molar-refractivity contribution is 5.71. The Bertz CT molecular complexity index is 166. The maximum Gasteiger partial charge on any atom is 0.314 e. The second-order valence-electron chi connectivity index (χ2n) is 2.87. The van der Waals surface area contributed by atoms with Gasteiger partial charge in [-0.3, -0.25) is 0 Å². The van der Waals surface area contributed by atoms with Crippen molar-refractivity contribution in [2.75, 3.05) is 46.1 Å². The number of carbonyl (C=O) groups is 1. The summed E-state index contributed by atoms with van der Waals surface area (Å²) in [6, 6.07) is -0.433. The van der Waals surface area contributed by atoms with Crippen molar-refractivity contribution in [1.29, 1.82) is 0 Å². The highest BCUT2D eigenvalue weighted by Gasteiger charge is 2.05. The zero-order valence-corrected chi connectivity index (χ0v) is 9.15. The molecule has 0 bridgehead atoms. The highest BCUT2D eigenvalue weighted by atomic mass is 16.5. The zero-order chi connectivity index (χ0) is 11.5. The molecule has 0 heterocycles. The number of hydrogen-bond donors (Lipinski definition) is 2. The summed E-state index contributed by atoms with van der Waals surface area (Å²) in [7, 11) is 0. The number of urea groups is 1. The summed E-state index contributed by atoms with van der Waals surface area (Å²) in [5.41, 5.74) is 5.11. The summed E-state index contributed by atoms with van der Waals surface area (Å²) in [5.74, 6) is 0. The lowest BCUT2D eigenvalue weighted by Gasteiger charge is -2.17. The molecule has 0 aliphatic rings. The van der Waals surface area contributed by atoms with Gasteiger partial charge in [0, 0.05) is 13.1 Å². The van der Waals surface area contributed by atoms with Gasteiger partial charge in [0.15, 0.2) is 0 Å². The lowest BCUT2D eigenvalue weighted by molar-refractivity contribution is 0.0293. The van der Waals surface area contributed by atoms with Crippen molar-refractivity contribution in [3.63, 3.8) is 0 Å². The number of rotatable bonds is 9. The number of primary amides is 1. The SMILES string of the molecule is CCN(CCOCCOCCO)C(N)=O. The minimum Gasteiger partial charge on any atom is -0.394 e. The first-order valence-corrected chi connectivity index (χ1v) is 5.03. The fraction of sp³-hybridized carbons (Fsp3) is 0.889. The van der Waals surface area contributed by atoms with Crippen molar-refractivity contribution in [1.82, 2.24) is 4.90 Å². The van der Waals surface area contributed by atoms with E-state index in [9.17, 15) is 4.79 Å². The second kappa shape index (κ2) is 9.70. The molecule has 15 heavy (non-hydrogen) atoms. The van der Waals surface area contributed by atoms with Crippen molar-refractivity contribution >= 4 is 6.03 Å². The van der Waals surface area contributed by atoms with E-state index in [0.29, 0.717) is 39.5 Å². The van der Waals surface area contributed by atoms with E-state index in [2.05, 4.69) is 0 Å². The molecule has 0 aromatic rings. The van der Waals surface area contributed by atoms with Gasteiger partial charge >= 0.3 is 6.03 Å². The summed E-state index contributed by atoms with van der Waals surface area (Å²) in [4.78, 5) is 12.3. The van der Waals surface area contributed by atoms with Gasteiger partial charge in [-0.1, -0.05) is 0 Å². The molecular weight excluding hydrogens is 200 g/mol. The Kier molecular flexibility index (Phi) is 9.15. The molecule has 0 fully saturated rings. The first-order valence-electron chi connectivity index (χ1n) is 5.03. The Morgan fingerprint density at radius 3 is 2.33 bits per heavy atom. The lowest BCUT2D eigenvalue weighted by atomic mass is 10.5. The van der Waals surface area contributed by atoms with E-state index in [0.717, 1.165) is 0 Å². The predicted molar refractivity (Wildman–Crippen MR) is 55.6 cm³/mol. The molecule has 0 aromatic carbocycles. The van der Waals surface area contributed by atoms with Crippen molar-refractivity contribution in [3.05, 3.63) is 0 Å². The van der Waals surface area contributed by atoms with Crippen molar-refractivity contribution in [2.24, 2.45) is 5.73 Å². The molecule has 0 atom stereocenters. The lowest BCUT2D eigenvalue weighted by Crippen LogP contribution is -2.38.